The van der Waals surface area contributed by atoms with Crippen LogP contribution in [-0.4, -0.2) is 14.7 Å². The van der Waals surface area contributed by atoms with Gasteiger partial charge in [0.2, 0.25) is 5.88 Å². The minimum absolute atomic E-state index is 0.151. The van der Waals surface area contributed by atoms with Crippen LogP contribution in [0.5, 0.6) is 5.88 Å². The number of aromatic amines is 1. The topological polar surface area (TPSA) is 75.1 Å². The van der Waals surface area contributed by atoms with Crippen molar-refractivity contribution in [3.63, 3.8) is 0 Å². The van der Waals surface area contributed by atoms with E-state index in [1.807, 2.05) is 12.1 Å². The second kappa shape index (κ2) is 4.67. The van der Waals surface area contributed by atoms with E-state index in [0.717, 1.165) is 31.2 Å². The minimum Gasteiger partial charge on any atom is -0.494 e. The number of nitrogens with zero attached hydrogens (tertiary/aromatic N) is 1. The van der Waals surface area contributed by atoms with E-state index in [1.165, 1.54) is 17.1 Å². The lowest BCUT2D eigenvalue weighted by Gasteiger charge is -2.20. The Kier molecular flexibility index (Phi) is 2.97. The van der Waals surface area contributed by atoms with Gasteiger partial charge in [-0.05, 0) is 49.8 Å². The molecule has 0 unspecified atom stereocenters. The van der Waals surface area contributed by atoms with Crippen molar-refractivity contribution in [1.82, 2.24) is 9.55 Å². The van der Waals surface area contributed by atoms with Gasteiger partial charge in [0.1, 0.15) is 0 Å². The molecule has 5 heteroatoms. The molecule has 1 heterocycles. The van der Waals surface area contributed by atoms with Gasteiger partial charge in [0.05, 0.1) is 11.3 Å². The van der Waals surface area contributed by atoms with Crippen molar-refractivity contribution in [3.05, 3.63) is 55.7 Å². The van der Waals surface area contributed by atoms with Crippen LogP contribution in [0.3, 0.4) is 0 Å². The number of hydrogen-bond donors (Lipinski definition) is 2. The van der Waals surface area contributed by atoms with Crippen LogP contribution in [0.2, 0.25) is 0 Å². The van der Waals surface area contributed by atoms with Crippen LogP contribution in [0.4, 0.5) is 0 Å². The second-order valence-corrected chi connectivity index (χ2v) is 5.17. The third-order valence-electron chi connectivity index (χ3n) is 3.92. The number of nitrogens with one attached hydrogen (secondary N) is 1. The molecule has 0 amide bonds. The van der Waals surface area contributed by atoms with Crippen LogP contribution in [0.25, 0.3) is 5.69 Å². The van der Waals surface area contributed by atoms with Crippen molar-refractivity contribution in [2.45, 2.75) is 32.6 Å². The zero-order chi connectivity index (χ0) is 14.3. The molecule has 20 heavy (non-hydrogen) atoms. The maximum Gasteiger partial charge on any atom is 0.335 e. The van der Waals surface area contributed by atoms with Crippen molar-refractivity contribution in [2.24, 2.45) is 0 Å². The first-order chi connectivity index (χ1) is 9.59. The van der Waals surface area contributed by atoms with E-state index in [-0.39, 0.29) is 11.4 Å². The smallest absolute Gasteiger partial charge is 0.335 e. The van der Waals surface area contributed by atoms with E-state index in [9.17, 15) is 14.7 Å². The summed E-state index contributed by atoms with van der Waals surface area (Å²) in [5, 5.41) is 10.2. The SMILES string of the molecule is Cc1c(O)n(-c2cccc3c2CCCC3)c(=O)[nH]c1=O. The highest BCUT2D eigenvalue weighted by Gasteiger charge is 2.18. The van der Waals surface area contributed by atoms with Crippen molar-refractivity contribution in [1.29, 1.82) is 0 Å². The Bertz CT molecular complexity index is 787. The van der Waals surface area contributed by atoms with Gasteiger partial charge in [-0.15, -0.1) is 0 Å². The predicted molar refractivity (Wildman–Crippen MR) is 75.7 cm³/mol. The van der Waals surface area contributed by atoms with Gasteiger partial charge >= 0.3 is 5.69 Å². The molecule has 0 spiro atoms. The number of hydrogen-bond acceptors (Lipinski definition) is 3. The highest BCUT2D eigenvalue weighted by Crippen LogP contribution is 2.28. The predicted octanol–water partition coefficient (Wildman–Crippen LogP) is 1.42. The van der Waals surface area contributed by atoms with E-state index in [0.29, 0.717) is 5.69 Å². The molecule has 0 fully saturated rings. The third kappa shape index (κ3) is 1.86. The molecular weight excluding hydrogens is 256 g/mol. The fourth-order valence-electron chi connectivity index (χ4n) is 2.81. The van der Waals surface area contributed by atoms with E-state index in [4.69, 9.17) is 0 Å². The molecule has 0 bridgehead atoms. The van der Waals surface area contributed by atoms with Crippen LogP contribution in [0, 0.1) is 6.92 Å². The lowest BCUT2D eigenvalue weighted by molar-refractivity contribution is 0.425. The first-order valence-electron chi connectivity index (χ1n) is 6.75. The minimum atomic E-state index is -0.600. The van der Waals surface area contributed by atoms with Gasteiger partial charge in [-0.3, -0.25) is 9.78 Å². The monoisotopic (exact) mass is 272 g/mol. The number of rotatable bonds is 1. The zero-order valence-electron chi connectivity index (χ0n) is 11.3. The number of aromatic hydroxyl groups is 1. The Morgan fingerprint density at radius 2 is 1.95 bits per heavy atom. The molecule has 0 radical (unpaired) electrons. The number of aromatic nitrogens is 2. The summed E-state index contributed by atoms with van der Waals surface area (Å²) in [6.07, 6.45) is 4.08. The van der Waals surface area contributed by atoms with Gasteiger partial charge in [0.25, 0.3) is 5.56 Å². The summed E-state index contributed by atoms with van der Waals surface area (Å²) >= 11 is 0. The largest absolute Gasteiger partial charge is 0.494 e. The maximum atomic E-state index is 12.0. The Morgan fingerprint density at radius 3 is 2.75 bits per heavy atom. The molecule has 2 N–H and O–H groups in total. The van der Waals surface area contributed by atoms with Crippen molar-refractivity contribution in [2.75, 3.05) is 0 Å². The Labute approximate surface area is 115 Å². The molecule has 1 aliphatic carbocycles. The quantitative estimate of drug-likeness (QED) is 0.824. The van der Waals surface area contributed by atoms with Gasteiger partial charge in [0, 0.05) is 0 Å². The number of aryl methyl sites for hydroxylation is 1. The third-order valence-corrected chi connectivity index (χ3v) is 3.92. The maximum absolute atomic E-state index is 12.0. The molecule has 0 saturated heterocycles. The molecule has 104 valence electrons. The molecule has 1 aromatic carbocycles. The zero-order valence-corrected chi connectivity index (χ0v) is 11.3. The molecule has 5 nitrogen and oxygen atoms in total. The fraction of sp³-hybridized carbons (Fsp3) is 0.333. The summed E-state index contributed by atoms with van der Waals surface area (Å²) in [6, 6.07) is 5.74. The summed E-state index contributed by atoms with van der Waals surface area (Å²) in [4.78, 5) is 25.8. The van der Waals surface area contributed by atoms with Gasteiger partial charge < -0.3 is 5.11 Å². The second-order valence-electron chi connectivity index (χ2n) is 5.17. The normalized spacial score (nSPS) is 14.1. The Balaban J connectivity index is 2.33. The van der Waals surface area contributed by atoms with Gasteiger partial charge in [-0.1, -0.05) is 12.1 Å². The van der Waals surface area contributed by atoms with Gasteiger partial charge in [0.15, 0.2) is 0 Å². The van der Waals surface area contributed by atoms with Crippen LogP contribution in [0.1, 0.15) is 29.5 Å². The van der Waals surface area contributed by atoms with Crippen LogP contribution in [-0.2, 0) is 12.8 Å². The van der Waals surface area contributed by atoms with Gasteiger partial charge in [-0.2, -0.15) is 0 Å². The van der Waals surface area contributed by atoms with Crippen molar-refractivity contribution >= 4 is 0 Å². The molecule has 1 aliphatic rings. The van der Waals surface area contributed by atoms with E-state index in [1.54, 1.807) is 0 Å². The molecule has 2 aromatic rings. The molecule has 0 atom stereocenters. The average molecular weight is 272 g/mol. The van der Waals surface area contributed by atoms with Crippen LogP contribution >= 0.6 is 0 Å². The molecule has 0 aliphatic heterocycles. The Morgan fingerprint density at radius 1 is 1.20 bits per heavy atom. The molecule has 0 saturated carbocycles. The van der Waals surface area contributed by atoms with Crippen molar-refractivity contribution in [3.8, 4) is 11.6 Å². The first kappa shape index (κ1) is 12.7. The van der Waals surface area contributed by atoms with E-state index in [2.05, 4.69) is 11.1 Å². The number of H-pyrrole nitrogens is 1. The fourth-order valence-corrected chi connectivity index (χ4v) is 2.81. The summed E-state index contributed by atoms with van der Waals surface area (Å²) in [5.41, 5.74) is 1.97. The van der Waals surface area contributed by atoms with Gasteiger partial charge in [-0.25, -0.2) is 9.36 Å². The highest BCUT2D eigenvalue weighted by molar-refractivity contribution is 5.49. The average Bonchev–Trinajstić information content (AvgIpc) is 2.45. The summed E-state index contributed by atoms with van der Waals surface area (Å²) in [5.74, 6) is -0.280. The molecule has 1 aromatic heterocycles. The summed E-state index contributed by atoms with van der Waals surface area (Å²) in [6.45, 7) is 1.50. The summed E-state index contributed by atoms with van der Waals surface area (Å²) in [7, 11) is 0. The van der Waals surface area contributed by atoms with Crippen molar-refractivity contribution < 1.29 is 5.11 Å². The standard InChI is InChI=1S/C15H16N2O3/c1-9-13(18)16-15(20)17(14(9)19)12-8-4-6-10-5-2-3-7-11(10)12/h4,6,8,19H,2-3,5,7H2,1H3,(H,16,18,20). The number of benzene rings is 1. The highest BCUT2D eigenvalue weighted by atomic mass is 16.3. The lowest BCUT2D eigenvalue weighted by Crippen LogP contribution is -2.31. The van der Waals surface area contributed by atoms with E-state index < -0.39 is 11.2 Å². The van der Waals surface area contributed by atoms with Crippen LogP contribution < -0.4 is 11.2 Å². The Hall–Kier alpha value is -2.30. The number of fused-ring (bicyclic) bond motifs is 1. The molecular formula is C15H16N2O3. The van der Waals surface area contributed by atoms with Crippen LogP contribution in [0.15, 0.2) is 27.8 Å². The van der Waals surface area contributed by atoms with E-state index >= 15 is 0 Å². The first-order valence-corrected chi connectivity index (χ1v) is 6.75. The lowest BCUT2D eigenvalue weighted by atomic mass is 9.90. The molecule has 3 rings (SSSR count). The summed E-state index contributed by atoms with van der Waals surface area (Å²) < 4.78 is 1.20.